The highest BCUT2D eigenvalue weighted by molar-refractivity contribution is 7.93. The predicted molar refractivity (Wildman–Crippen MR) is 122 cm³/mol. The Morgan fingerprint density at radius 1 is 1.10 bits per heavy atom. The quantitative estimate of drug-likeness (QED) is 0.476. The highest BCUT2D eigenvalue weighted by Crippen LogP contribution is 2.32. The number of fused-ring (bicyclic) bond motifs is 1. The van der Waals surface area contributed by atoms with Crippen LogP contribution in [0.3, 0.4) is 0 Å². The van der Waals surface area contributed by atoms with Gasteiger partial charge >= 0.3 is 0 Å². The van der Waals surface area contributed by atoms with Gasteiger partial charge in [0, 0.05) is 11.6 Å². The van der Waals surface area contributed by atoms with E-state index in [-0.39, 0.29) is 4.90 Å². The van der Waals surface area contributed by atoms with Crippen LogP contribution in [-0.4, -0.2) is 23.2 Å². The van der Waals surface area contributed by atoms with Crippen LogP contribution in [0.15, 0.2) is 59.6 Å². The molecule has 156 valence electrons. The maximum Gasteiger partial charge on any atom is 0.267 e. The lowest BCUT2D eigenvalue weighted by Gasteiger charge is -2.17. The van der Waals surface area contributed by atoms with Crippen LogP contribution in [0, 0.1) is 6.92 Å². The maximum atomic E-state index is 13.3. The first kappa shape index (κ1) is 20.6. The molecule has 8 heteroatoms. The van der Waals surface area contributed by atoms with Gasteiger partial charge in [-0.2, -0.15) is 5.10 Å². The second-order valence-corrected chi connectivity index (χ2v) is 11.1. The summed E-state index contributed by atoms with van der Waals surface area (Å²) in [7, 11) is -3.84. The van der Waals surface area contributed by atoms with Gasteiger partial charge in [0.25, 0.3) is 10.0 Å². The molecule has 0 saturated carbocycles. The summed E-state index contributed by atoms with van der Waals surface area (Å²) in [6.07, 6.45) is 1.60. The Hall–Kier alpha value is -2.71. The van der Waals surface area contributed by atoms with Crippen molar-refractivity contribution < 1.29 is 8.42 Å². The lowest BCUT2D eigenvalue weighted by atomic mass is 9.92. The fourth-order valence-electron chi connectivity index (χ4n) is 3.22. The number of nitrogens with zero attached hydrogens (tertiary/aromatic N) is 3. The number of rotatable bonds is 5. The Balaban J connectivity index is 1.70. The number of thiazole rings is 1. The molecule has 0 aliphatic rings. The largest absolute Gasteiger partial charge is 0.267 e. The van der Waals surface area contributed by atoms with E-state index in [0.29, 0.717) is 17.4 Å². The van der Waals surface area contributed by atoms with Crippen LogP contribution in [0.4, 0.5) is 5.13 Å². The van der Waals surface area contributed by atoms with Gasteiger partial charge in [-0.25, -0.2) is 13.4 Å². The minimum absolute atomic E-state index is 0.182. The van der Waals surface area contributed by atoms with E-state index in [1.165, 1.54) is 11.3 Å². The van der Waals surface area contributed by atoms with Gasteiger partial charge in [-0.15, -0.1) is 0 Å². The predicted octanol–water partition coefficient (Wildman–Crippen LogP) is 4.95. The van der Waals surface area contributed by atoms with Crippen molar-refractivity contribution >= 4 is 36.7 Å². The Morgan fingerprint density at radius 3 is 2.53 bits per heavy atom. The van der Waals surface area contributed by atoms with Gasteiger partial charge in [-0.1, -0.05) is 68.5 Å². The van der Waals surface area contributed by atoms with Crippen molar-refractivity contribution in [2.75, 3.05) is 4.72 Å². The molecule has 0 aliphatic carbocycles. The Morgan fingerprint density at radius 2 is 1.83 bits per heavy atom. The first-order valence-corrected chi connectivity index (χ1v) is 11.9. The number of hydrogen-bond acceptors (Lipinski definition) is 5. The number of hydrogen-bond donors (Lipinski definition) is 1. The van der Waals surface area contributed by atoms with Crippen LogP contribution >= 0.6 is 11.3 Å². The first-order valence-electron chi connectivity index (χ1n) is 9.64. The summed E-state index contributed by atoms with van der Waals surface area (Å²) in [5.41, 5.74) is 3.04. The van der Waals surface area contributed by atoms with Crippen LogP contribution in [0.5, 0.6) is 0 Å². The zero-order valence-electron chi connectivity index (χ0n) is 17.4. The molecule has 4 rings (SSSR count). The lowest BCUT2D eigenvalue weighted by Crippen LogP contribution is -2.20. The highest BCUT2D eigenvalue weighted by Gasteiger charge is 2.30. The summed E-state index contributed by atoms with van der Waals surface area (Å²) >= 11 is 1.33. The number of aryl methyl sites for hydroxylation is 1. The van der Waals surface area contributed by atoms with Gasteiger partial charge in [-0.3, -0.25) is 9.40 Å². The SMILES string of the molecule is Cc1ccc2nc(NS(=O)(=O)c3cn(Cc4ccccc4)nc3C(C)(C)C)sc2c1. The molecular weight excluding hydrogens is 416 g/mol. The average Bonchev–Trinajstić information content (AvgIpc) is 3.25. The molecule has 6 nitrogen and oxygen atoms in total. The summed E-state index contributed by atoms with van der Waals surface area (Å²) in [4.78, 5) is 4.61. The smallest absolute Gasteiger partial charge is 0.267 e. The molecule has 0 spiro atoms. The van der Waals surface area contributed by atoms with Gasteiger partial charge in [0.05, 0.1) is 22.5 Å². The molecule has 0 aliphatic heterocycles. The highest BCUT2D eigenvalue weighted by atomic mass is 32.2. The first-order chi connectivity index (χ1) is 14.1. The maximum absolute atomic E-state index is 13.3. The van der Waals surface area contributed by atoms with Gasteiger partial charge in [0.15, 0.2) is 5.13 Å². The van der Waals surface area contributed by atoms with Crippen molar-refractivity contribution in [3.05, 3.63) is 71.5 Å². The number of aromatic nitrogens is 3. The molecule has 0 fully saturated rings. The molecule has 30 heavy (non-hydrogen) atoms. The van der Waals surface area contributed by atoms with E-state index in [1.807, 2.05) is 76.2 Å². The van der Waals surface area contributed by atoms with Gasteiger partial charge in [-0.05, 0) is 30.2 Å². The molecule has 2 aromatic carbocycles. The lowest BCUT2D eigenvalue weighted by molar-refractivity contribution is 0.533. The van der Waals surface area contributed by atoms with E-state index < -0.39 is 15.4 Å². The van der Waals surface area contributed by atoms with Crippen LogP contribution in [0.25, 0.3) is 10.2 Å². The summed E-state index contributed by atoms with van der Waals surface area (Å²) in [5, 5.41) is 4.97. The summed E-state index contributed by atoms with van der Waals surface area (Å²) in [6, 6.07) is 15.7. The summed E-state index contributed by atoms with van der Waals surface area (Å²) in [6.45, 7) is 8.38. The van der Waals surface area contributed by atoms with Gasteiger partial charge in [0.2, 0.25) is 0 Å². The molecule has 0 atom stereocenters. The minimum Gasteiger partial charge on any atom is -0.267 e. The molecule has 2 heterocycles. The average molecular weight is 441 g/mol. The fourth-order valence-corrected chi connectivity index (χ4v) is 5.77. The summed E-state index contributed by atoms with van der Waals surface area (Å²) in [5.74, 6) is 0. The van der Waals surface area contributed by atoms with Crippen molar-refractivity contribution in [3.8, 4) is 0 Å². The van der Waals surface area contributed by atoms with Crippen molar-refractivity contribution in [2.45, 2.75) is 44.6 Å². The summed E-state index contributed by atoms with van der Waals surface area (Å²) < 4.78 is 31.9. The van der Waals surface area contributed by atoms with Gasteiger partial charge in [0.1, 0.15) is 4.90 Å². The van der Waals surface area contributed by atoms with Gasteiger partial charge < -0.3 is 0 Å². The van der Waals surface area contributed by atoms with Crippen LogP contribution in [-0.2, 0) is 22.0 Å². The Bertz CT molecular complexity index is 1300. The molecule has 4 aromatic rings. The van der Waals surface area contributed by atoms with Crippen molar-refractivity contribution in [1.29, 1.82) is 0 Å². The third-order valence-electron chi connectivity index (χ3n) is 4.68. The van der Waals surface area contributed by atoms with E-state index in [1.54, 1.807) is 10.9 Å². The fraction of sp³-hybridized carbons (Fsp3) is 0.273. The van der Waals surface area contributed by atoms with Crippen molar-refractivity contribution in [1.82, 2.24) is 14.8 Å². The van der Waals surface area contributed by atoms with Crippen LogP contribution < -0.4 is 4.72 Å². The third kappa shape index (κ3) is 4.24. The van der Waals surface area contributed by atoms with Crippen LogP contribution in [0.2, 0.25) is 0 Å². The molecule has 0 radical (unpaired) electrons. The van der Waals surface area contributed by atoms with E-state index in [9.17, 15) is 8.42 Å². The number of nitrogens with one attached hydrogen (secondary N) is 1. The van der Waals surface area contributed by atoms with E-state index in [4.69, 9.17) is 0 Å². The zero-order chi connectivity index (χ0) is 21.5. The molecule has 0 saturated heterocycles. The second-order valence-electron chi connectivity index (χ2n) is 8.37. The number of sulfonamides is 1. The molecule has 0 amide bonds. The second kappa shape index (κ2) is 7.52. The molecule has 0 bridgehead atoms. The topological polar surface area (TPSA) is 76.9 Å². The number of anilines is 1. The minimum atomic E-state index is -3.84. The molecular formula is C22H24N4O2S2. The van der Waals surface area contributed by atoms with Crippen molar-refractivity contribution in [3.63, 3.8) is 0 Å². The third-order valence-corrected chi connectivity index (χ3v) is 7.08. The molecule has 1 N–H and O–H groups in total. The van der Waals surface area contributed by atoms with Crippen LogP contribution in [0.1, 0.15) is 37.6 Å². The normalized spacial score (nSPS) is 12.4. The molecule has 0 unspecified atom stereocenters. The van der Waals surface area contributed by atoms with Crippen molar-refractivity contribution in [2.24, 2.45) is 0 Å². The van der Waals surface area contributed by atoms with E-state index >= 15 is 0 Å². The number of benzene rings is 2. The Labute approximate surface area is 180 Å². The monoisotopic (exact) mass is 440 g/mol. The van der Waals surface area contributed by atoms with E-state index in [0.717, 1.165) is 21.3 Å². The Kier molecular flexibility index (Phi) is 5.15. The van der Waals surface area contributed by atoms with E-state index in [2.05, 4.69) is 14.8 Å². The standard InChI is InChI=1S/C22H24N4O2S2/c1-15-10-11-17-18(12-15)29-21(23-17)25-30(27,28)19-14-26(24-20(19)22(2,3)4)13-16-8-6-5-7-9-16/h5-12,14H,13H2,1-4H3,(H,23,25). The zero-order valence-corrected chi connectivity index (χ0v) is 19.0. The molecule has 2 aromatic heterocycles.